The van der Waals surface area contributed by atoms with Gasteiger partial charge in [-0.1, -0.05) is 34.1 Å². The van der Waals surface area contributed by atoms with E-state index in [2.05, 4.69) is 21.2 Å². The number of nitro benzene ring substituents is 1. The smallest absolute Gasteiger partial charge is 0.273 e. The van der Waals surface area contributed by atoms with Crippen molar-refractivity contribution >= 4 is 51.2 Å². The first-order chi connectivity index (χ1) is 12.4. The third kappa shape index (κ3) is 3.38. The molecule has 0 spiro atoms. The fraction of sp³-hybridized carbons (Fsp3) is 0. The second kappa shape index (κ2) is 6.89. The van der Waals surface area contributed by atoms with Gasteiger partial charge in [-0.2, -0.15) is 0 Å². The van der Waals surface area contributed by atoms with E-state index in [0.717, 1.165) is 10.5 Å². The van der Waals surface area contributed by atoms with Crippen molar-refractivity contribution < 1.29 is 19.3 Å². The first kappa shape index (κ1) is 17.5. The number of halogens is 1. The van der Waals surface area contributed by atoms with Gasteiger partial charge in [-0.3, -0.25) is 25.0 Å². The number of non-ortho nitro benzene ring substituents is 1. The molecule has 1 N–H and O–H groups in total. The molecule has 1 fully saturated rings. The van der Waals surface area contributed by atoms with Gasteiger partial charge in [-0.15, -0.1) is 0 Å². The van der Waals surface area contributed by atoms with Crippen LogP contribution in [0.1, 0.15) is 5.56 Å². The second-order valence-corrected chi connectivity index (χ2v) is 6.20. The number of barbiturate groups is 1. The van der Waals surface area contributed by atoms with Crippen molar-refractivity contribution in [3.63, 3.8) is 0 Å². The molecule has 1 aliphatic heterocycles. The van der Waals surface area contributed by atoms with E-state index in [1.807, 2.05) is 0 Å². The Kier molecular flexibility index (Phi) is 4.63. The highest BCUT2D eigenvalue weighted by molar-refractivity contribution is 9.10. The van der Waals surface area contributed by atoms with E-state index in [1.54, 1.807) is 24.3 Å². The van der Waals surface area contributed by atoms with Crippen LogP contribution in [0.5, 0.6) is 0 Å². The van der Waals surface area contributed by atoms with Gasteiger partial charge in [0.1, 0.15) is 5.57 Å². The van der Waals surface area contributed by atoms with Crippen LogP contribution in [0, 0.1) is 10.1 Å². The van der Waals surface area contributed by atoms with E-state index in [4.69, 9.17) is 0 Å². The number of nitrogens with one attached hydrogen (secondary N) is 1. The summed E-state index contributed by atoms with van der Waals surface area (Å²) in [6.45, 7) is 0. The van der Waals surface area contributed by atoms with Crippen LogP contribution in [0.2, 0.25) is 0 Å². The minimum Gasteiger partial charge on any atom is -0.273 e. The van der Waals surface area contributed by atoms with Crippen molar-refractivity contribution in [3.8, 4) is 0 Å². The van der Waals surface area contributed by atoms with Gasteiger partial charge in [-0.25, -0.2) is 9.69 Å². The Hall–Kier alpha value is -3.33. The zero-order valence-electron chi connectivity index (χ0n) is 13.0. The minimum atomic E-state index is -0.964. The van der Waals surface area contributed by atoms with Crippen LogP contribution in [0.15, 0.2) is 58.6 Å². The van der Waals surface area contributed by atoms with Crippen molar-refractivity contribution in [1.29, 1.82) is 0 Å². The maximum Gasteiger partial charge on any atom is 0.335 e. The third-order valence-electron chi connectivity index (χ3n) is 3.58. The maximum absolute atomic E-state index is 12.7. The quantitative estimate of drug-likeness (QED) is 0.358. The molecule has 0 aromatic heterocycles. The summed E-state index contributed by atoms with van der Waals surface area (Å²) in [5.74, 6) is -1.69. The molecule has 2 aromatic rings. The number of carbonyl (C=O) groups is 3. The maximum atomic E-state index is 12.7. The number of nitro groups is 1. The van der Waals surface area contributed by atoms with Gasteiger partial charge in [-0.05, 0) is 29.8 Å². The molecule has 1 saturated heterocycles. The monoisotopic (exact) mass is 415 g/mol. The average molecular weight is 416 g/mol. The van der Waals surface area contributed by atoms with Crippen LogP contribution in [-0.4, -0.2) is 22.8 Å². The molecule has 0 aliphatic carbocycles. The zero-order valence-corrected chi connectivity index (χ0v) is 14.6. The van der Waals surface area contributed by atoms with E-state index < -0.39 is 22.8 Å². The molecule has 9 heteroatoms. The Morgan fingerprint density at radius 3 is 2.42 bits per heavy atom. The fourth-order valence-electron chi connectivity index (χ4n) is 2.36. The van der Waals surface area contributed by atoms with Crippen molar-refractivity contribution in [1.82, 2.24) is 5.32 Å². The number of amides is 4. The van der Waals surface area contributed by atoms with Gasteiger partial charge in [0, 0.05) is 16.6 Å². The molecule has 4 amide bonds. The number of anilines is 1. The standard InChI is InChI=1S/C17H10BrN3O5/c18-11-6-4-10(5-7-11)8-14-15(22)19-17(24)20(16(14)23)12-2-1-3-13(9-12)21(25)26/h1-9H,(H,19,22,24)/b14-8+. The Morgan fingerprint density at radius 1 is 1.08 bits per heavy atom. The molecular formula is C17H10BrN3O5. The predicted octanol–water partition coefficient (Wildman–Crippen LogP) is 3.02. The molecule has 0 radical (unpaired) electrons. The second-order valence-electron chi connectivity index (χ2n) is 5.29. The van der Waals surface area contributed by atoms with E-state index in [9.17, 15) is 24.5 Å². The zero-order chi connectivity index (χ0) is 18.8. The van der Waals surface area contributed by atoms with E-state index in [1.165, 1.54) is 24.3 Å². The SMILES string of the molecule is O=C1NC(=O)N(c2cccc([N+](=O)[O-])c2)C(=O)/C1=C/c1ccc(Br)cc1. The summed E-state index contributed by atoms with van der Waals surface area (Å²) in [7, 11) is 0. The van der Waals surface area contributed by atoms with E-state index >= 15 is 0 Å². The summed E-state index contributed by atoms with van der Waals surface area (Å²) in [6, 6.07) is 10.9. The number of hydrogen-bond acceptors (Lipinski definition) is 5. The molecule has 0 unspecified atom stereocenters. The summed E-state index contributed by atoms with van der Waals surface area (Å²) >= 11 is 3.29. The average Bonchev–Trinajstić information content (AvgIpc) is 2.60. The molecule has 130 valence electrons. The van der Waals surface area contributed by atoms with Crippen LogP contribution in [-0.2, 0) is 9.59 Å². The van der Waals surface area contributed by atoms with Gasteiger partial charge in [0.2, 0.25) is 0 Å². The van der Waals surface area contributed by atoms with Crippen LogP contribution >= 0.6 is 15.9 Å². The van der Waals surface area contributed by atoms with Gasteiger partial charge < -0.3 is 0 Å². The number of benzene rings is 2. The topological polar surface area (TPSA) is 110 Å². The van der Waals surface area contributed by atoms with Crippen LogP contribution in [0.4, 0.5) is 16.2 Å². The highest BCUT2D eigenvalue weighted by atomic mass is 79.9. The van der Waals surface area contributed by atoms with Crippen LogP contribution in [0.25, 0.3) is 6.08 Å². The fourth-order valence-corrected chi connectivity index (χ4v) is 2.63. The number of rotatable bonds is 3. The summed E-state index contributed by atoms with van der Waals surface area (Å²) in [5.41, 5.74) is 0.0489. The molecule has 3 rings (SSSR count). The van der Waals surface area contributed by atoms with Gasteiger partial charge in [0.15, 0.2) is 0 Å². The van der Waals surface area contributed by atoms with Gasteiger partial charge in [0.05, 0.1) is 10.6 Å². The lowest BCUT2D eigenvalue weighted by Gasteiger charge is -2.26. The minimum absolute atomic E-state index is 0.00379. The molecule has 0 saturated carbocycles. The van der Waals surface area contributed by atoms with Gasteiger partial charge in [0.25, 0.3) is 17.5 Å². The van der Waals surface area contributed by atoms with E-state index in [-0.39, 0.29) is 16.9 Å². The number of nitrogens with zero attached hydrogens (tertiary/aromatic N) is 2. The molecule has 0 atom stereocenters. The highest BCUT2D eigenvalue weighted by Gasteiger charge is 2.37. The Balaban J connectivity index is 2.02. The van der Waals surface area contributed by atoms with Gasteiger partial charge >= 0.3 is 6.03 Å². The molecule has 2 aromatic carbocycles. The Morgan fingerprint density at radius 2 is 1.77 bits per heavy atom. The molecule has 0 bridgehead atoms. The summed E-state index contributed by atoms with van der Waals surface area (Å²) in [6.07, 6.45) is 1.35. The highest BCUT2D eigenvalue weighted by Crippen LogP contribution is 2.25. The number of carbonyl (C=O) groups excluding carboxylic acids is 3. The lowest BCUT2D eigenvalue weighted by Crippen LogP contribution is -2.54. The normalized spacial score (nSPS) is 16.0. The molecular weight excluding hydrogens is 406 g/mol. The lowest BCUT2D eigenvalue weighted by atomic mass is 10.1. The molecule has 26 heavy (non-hydrogen) atoms. The van der Waals surface area contributed by atoms with Crippen molar-refractivity contribution in [3.05, 3.63) is 74.3 Å². The Labute approximate surface area is 155 Å². The number of urea groups is 1. The van der Waals surface area contributed by atoms with Crippen molar-refractivity contribution in [2.45, 2.75) is 0 Å². The van der Waals surface area contributed by atoms with Crippen molar-refractivity contribution in [2.24, 2.45) is 0 Å². The Bertz CT molecular complexity index is 969. The number of imide groups is 2. The number of hydrogen-bond donors (Lipinski definition) is 1. The largest absolute Gasteiger partial charge is 0.335 e. The molecule has 1 heterocycles. The van der Waals surface area contributed by atoms with E-state index in [0.29, 0.717) is 10.5 Å². The molecule has 1 aliphatic rings. The lowest BCUT2D eigenvalue weighted by molar-refractivity contribution is -0.384. The summed E-state index contributed by atoms with van der Waals surface area (Å²) in [5, 5.41) is 13.0. The first-order valence-electron chi connectivity index (χ1n) is 7.28. The molecule has 8 nitrogen and oxygen atoms in total. The predicted molar refractivity (Wildman–Crippen MR) is 96.2 cm³/mol. The summed E-state index contributed by atoms with van der Waals surface area (Å²) < 4.78 is 0.826. The third-order valence-corrected chi connectivity index (χ3v) is 4.11. The van der Waals surface area contributed by atoms with Crippen LogP contribution < -0.4 is 10.2 Å². The first-order valence-corrected chi connectivity index (χ1v) is 8.07. The summed E-state index contributed by atoms with van der Waals surface area (Å²) in [4.78, 5) is 47.8. The van der Waals surface area contributed by atoms with Crippen LogP contribution in [0.3, 0.4) is 0 Å². The van der Waals surface area contributed by atoms with Crippen molar-refractivity contribution in [2.75, 3.05) is 4.90 Å².